The molecule has 0 bridgehead atoms. The van der Waals surface area contributed by atoms with Gasteiger partial charge in [-0.25, -0.2) is 0 Å². The van der Waals surface area contributed by atoms with Crippen LogP contribution in [0.4, 0.5) is 0 Å². The average molecular weight is 219 g/mol. The van der Waals surface area contributed by atoms with E-state index in [1.54, 1.807) is 0 Å². The van der Waals surface area contributed by atoms with Crippen molar-refractivity contribution in [1.29, 1.82) is 0 Å². The van der Waals surface area contributed by atoms with Crippen molar-refractivity contribution in [1.82, 2.24) is 0 Å². The van der Waals surface area contributed by atoms with Crippen molar-refractivity contribution < 1.29 is 0 Å². The Morgan fingerprint density at radius 1 is 1.25 bits per heavy atom. The first kappa shape index (κ1) is 17.7. The van der Waals surface area contributed by atoms with Crippen LogP contribution in [-0.2, 0) is 0 Å². The number of hydrogen-bond acceptors (Lipinski definition) is 0. The third-order valence-electron chi connectivity index (χ3n) is 2.59. The van der Waals surface area contributed by atoms with Crippen molar-refractivity contribution in [2.75, 3.05) is 0 Å². The molecule has 16 heavy (non-hydrogen) atoms. The molecule has 0 aliphatic rings. The van der Waals surface area contributed by atoms with Gasteiger partial charge in [0.15, 0.2) is 0 Å². The van der Waals surface area contributed by atoms with E-state index in [-0.39, 0.29) is 0 Å². The lowest BCUT2D eigenvalue weighted by Crippen LogP contribution is -1.99. The highest BCUT2D eigenvalue weighted by Gasteiger charge is 2.06. The van der Waals surface area contributed by atoms with Gasteiger partial charge in [0.1, 0.15) is 7.28 Å². The molecule has 0 saturated carbocycles. The van der Waals surface area contributed by atoms with Gasteiger partial charge < -0.3 is 0 Å². The maximum absolute atomic E-state index is 3.74. The van der Waals surface area contributed by atoms with Crippen LogP contribution in [0.25, 0.3) is 0 Å². The van der Waals surface area contributed by atoms with Crippen LogP contribution >= 0.6 is 0 Å². The van der Waals surface area contributed by atoms with Crippen molar-refractivity contribution in [2.45, 2.75) is 54.7 Å². The lowest BCUT2D eigenvalue weighted by molar-refractivity contribution is 0.758. The summed E-state index contributed by atoms with van der Waals surface area (Å²) in [6, 6.07) is 0. The zero-order valence-electron chi connectivity index (χ0n) is 12.2. The van der Waals surface area contributed by atoms with Crippen LogP contribution < -0.4 is 0 Å². The van der Waals surface area contributed by atoms with Gasteiger partial charge in [0.25, 0.3) is 0 Å². The highest BCUT2D eigenvalue weighted by Crippen LogP contribution is 2.23. The first-order chi connectivity index (χ1) is 7.54. The minimum atomic E-state index is 0.623. The van der Waals surface area contributed by atoms with Crippen LogP contribution in [0, 0.1) is 5.92 Å². The topological polar surface area (TPSA) is 0 Å². The van der Waals surface area contributed by atoms with Gasteiger partial charge in [-0.15, -0.1) is 0 Å². The van der Waals surface area contributed by atoms with Crippen LogP contribution in [0.2, 0.25) is 13.1 Å². The Kier molecular flexibility index (Phi) is 11.9. The number of allylic oxidation sites excluding steroid dienone is 5. The predicted octanol–water partition coefficient (Wildman–Crippen LogP) is 5.29. The van der Waals surface area contributed by atoms with Gasteiger partial charge in [0.05, 0.1) is 0 Å². The molecule has 1 heteroatoms. The number of rotatable bonds is 5. The van der Waals surface area contributed by atoms with Gasteiger partial charge in [0.2, 0.25) is 0 Å². The molecule has 0 aromatic rings. The molecule has 0 aromatic carbocycles. The van der Waals surface area contributed by atoms with Gasteiger partial charge in [-0.05, 0) is 25.3 Å². The van der Waals surface area contributed by atoms with E-state index >= 15 is 0 Å². The van der Waals surface area contributed by atoms with E-state index < -0.39 is 0 Å². The fraction of sp³-hybridized carbons (Fsp3) is 0.600. The third-order valence-corrected chi connectivity index (χ3v) is 2.59. The van der Waals surface area contributed by atoms with Crippen molar-refractivity contribution in [3.8, 4) is 0 Å². The highest BCUT2D eigenvalue weighted by molar-refractivity contribution is 6.34. The van der Waals surface area contributed by atoms with Crippen LogP contribution in [0.1, 0.15) is 41.5 Å². The van der Waals surface area contributed by atoms with Crippen LogP contribution in [0.3, 0.4) is 0 Å². The summed E-state index contributed by atoms with van der Waals surface area (Å²) < 4.78 is 0. The fourth-order valence-corrected chi connectivity index (χ4v) is 1.46. The maximum Gasteiger partial charge on any atom is 0.111 e. The van der Waals surface area contributed by atoms with E-state index in [2.05, 4.69) is 54.5 Å². The summed E-state index contributed by atoms with van der Waals surface area (Å²) in [6.45, 7) is 18.7. The smallest absolute Gasteiger partial charge is 0.0991 e. The second kappa shape index (κ2) is 10.8. The predicted molar refractivity (Wildman–Crippen MR) is 79.3 cm³/mol. The molecule has 0 aliphatic heterocycles. The molecule has 0 heterocycles. The molecule has 0 fully saturated rings. The minimum absolute atomic E-state index is 0.623. The van der Waals surface area contributed by atoms with Gasteiger partial charge in [-0.3, -0.25) is 0 Å². The summed E-state index contributed by atoms with van der Waals surface area (Å²) in [5.41, 5.74) is 4.28. The molecular weight excluding hydrogens is 191 g/mol. The lowest BCUT2D eigenvalue weighted by atomic mass is 9.71. The summed E-state index contributed by atoms with van der Waals surface area (Å²) in [6.07, 6.45) is 5.00. The Morgan fingerprint density at radius 3 is 2.06 bits per heavy atom. The first-order valence-electron chi connectivity index (χ1n) is 6.31. The van der Waals surface area contributed by atoms with Gasteiger partial charge >= 0.3 is 0 Å². The highest BCUT2D eigenvalue weighted by atomic mass is 14.1. The molecule has 0 atom stereocenters. The molecule has 0 nitrogen and oxygen atoms in total. The van der Waals surface area contributed by atoms with Crippen LogP contribution in [0.15, 0.2) is 35.5 Å². The Morgan fingerprint density at radius 2 is 1.75 bits per heavy atom. The van der Waals surface area contributed by atoms with E-state index in [4.69, 9.17) is 0 Å². The molecule has 0 aliphatic carbocycles. The first-order valence-corrected chi connectivity index (χ1v) is 6.31. The van der Waals surface area contributed by atoms with Gasteiger partial charge in [-0.2, -0.15) is 0 Å². The summed E-state index contributed by atoms with van der Waals surface area (Å²) in [5.74, 6) is 0.623. The zero-order valence-corrected chi connectivity index (χ0v) is 12.2. The van der Waals surface area contributed by atoms with Crippen molar-refractivity contribution in [3.05, 3.63) is 35.5 Å². The standard InChI is InChI=1S/C13H22B.C2H6/c1-7-8-11(4)13(9-14-6)12(5)10(2)3;1-2/h7-8,10H,1,9H2,2-6H3;1-2H3/b11-8-,13-12+;. The normalized spacial score (nSPS) is 12.6. The Bertz CT molecular complexity index is 244. The van der Waals surface area contributed by atoms with Crippen LogP contribution in [-0.4, -0.2) is 7.28 Å². The molecule has 0 amide bonds. The average Bonchev–Trinajstić information content (AvgIpc) is 2.27. The van der Waals surface area contributed by atoms with Crippen molar-refractivity contribution >= 4 is 7.28 Å². The summed E-state index contributed by atoms with van der Waals surface area (Å²) in [7, 11) is 2.21. The molecule has 0 aromatic heterocycles. The molecule has 91 valence electrons. The lowest BCUT2D eigenvalue weighted by Gasteiger charge is -2.15. The zero-order chi connectivity index (χ0) is 13.1. The number of hydrogen-bond donors (Lipinski definition) is 0. The molecule has 0 unspecified atom stereocenters. The second-order valence-corrected chi connectivity index (χ2v) is 4.01. The molecule has 0 N–H and O–H groups in total. The quantitative estimate of drug-likeness (QED) is 0.435. The Balaban J connectivity index is 0. The van der Waals surface area contributed by atoms with E-state index in [9.17, 15) is 0 Å². The van der Waals surface area contributed by atoms with E-state index in [1.807, 2.05) is 19.9 Å². The molecule has 0 rings (SSSR count). The van der Waals surface area contributed by atoms with E-state index in [0.29, 0.717) is 5.92 Å². The largest absolute Gasteiger partial charge is 0.111 e. The summed E-state index contributed by atoms with van der Waals surface area (Å²) in [4.78, 5) is 0. The van der Waals surface area contributed by atoms with E-state index in [0.717, 1.165) is 6.32 Å². The Labute approximate surface area is 104 Å². The Hall–Kier alpha value is -0.715. The molecular formula is C15H28B. The summed E-state index contributed by atoms with van der Waals surface area (Å²) in [5, 5.41) is 0. The van der Waals surface area contributed by atoms with Crippen molar-refractivity contribution in [2.24, 2.45) is 5.92 Å². The molecule has 0 spiro atoms. The SMILES string of the molecule is C=C/C=C(C)\C(C[B]C)=C(/C)C(C)C.CC. The third kappa shape index (κ3) is 6.71. The second-order valence-electron chi connectivity index (χ2n) is 4.01. The van der Waals surface area contributed by atoms with E-state index in [1.165, 1.54) is 16.7 Å². The van der Waals surface area contributed by atoms with Gasteiger partial charge in [0, 0.05) is 0 Å². The minimum Gasteiger partial charge on any atom is -0.0991 e. The van der Waals surface area contributed by atoms with Gasteiger partial charge in [-0.1, -0.05) is 70.7 Å². The molecule has 0 saturated heterocycles. The van der Waals surface area contributed by atoms with Crippen LogP contribution in [0.5, 0.6) is 0 Å². The maximum atomic E-state index is 3.74. The summed E-state index contributed by atoms with van der Waals surface area (Å²) >= 11 is 0. The molecule has 1 radical (unpaired) electrons. The monoisotopic (exact) mass is 219 g/mol. The van der Waals surface area contributed by atoms with Crippen molar-refractivity contribution in [3.63, 3.8) is 0 Å². The fourth-order valence-electron chi connectivity index (χ4n) is 1.46.